The Morgan fingerprint density at radius 3 is 2.17 bits per heavy atom. The summed E-state index contributed by atoms with van der Waals surface area (Å²) >= 11 is 0. The molecule has 11 rings (SSSR count). The fraction of sp³-hybridized carbons (Fsp3) is 0.161. The third-order valence-electron chi connectivity index (χ3n) is 12.8. The van der Waals surface area contributed by atoms with Crippen LogP contribution in [-0.4, -0.2) is 14.5 Å². The van der Waals surface area contributed by atoms with Gasteiger partial charge in [-0.25, -0.2) is 4.98 Å². The van der Waals surface area contributed by atoms with Crippen LogP contribution >= 0.6 is 0 Å². The molecular weight excluding hydrogens is 954 g/mol. The van der Waals surface area contributed by atoms with Crippen LogP contribution in [0.5, 0.6) is 11.5 Å². The van der Waals surface area contributed by atoms with Crippen LogP contribution in [0.4, 0.5) is 22.7 Å². The fourth-order valence-corrected chi connectivity index (χ4v) is 9.61. The number of fused-ring (bicyclic) bond motifs is 7. The van der Waals surface area contributed by atoms with Crippen molar-refractivity contribution >= 4 is 44.6 Å². The summed E-state index contributed by atoms with van der Waals surface area (Å²) in [6.07, 6.45) is 1.90. The number of rotatable bonds is 6. The number of hydrogen-bond acceptors (Lipinski definition) is 5. The first-order chi connectivity index (χ1) is 30.0. The molecule has 4 heterocycles. The molecule has 314 valence electrons. The zero-order valence-electron chi connectivity index (χ0n) is 36.4. The molecule has 3 aromatic heterocycles. The van der Waals surface area contributed by atoms with Gasteiger partial charge in [0.15, 0.2) is 0 Å². The zero-order chi connectivity index (χ0) is 42.5. The van der Waals surface area contributed by atoms with Crippen LogP contribution in [0.2, 0.25) is 0 Å². The van der Waals surface area contributed by atoms with Crippen molar-refractivity contribution in [2.45, 2.75) is 59.3 Å². The minimum atomic E-state index is -0.159. The van der Waals surface area contributed by atoms with Crippen LogP contribution in [-0.2, 0) is 31.9 Å². The molecule has 0 spiro atoms. The van der Waals surface area contributed by atoms with E-state index in [9.17, 15) is 0 Å². The van der Waals surface area contributed by atoms with Crippen molar-refractivity contribution < 1.29 is 25.8 Å². The Hall–Kier alpha value is -6.49. The molecule has 6 nitrogen and oxygen atoms in total. The van der Waals surface area contributed by atoms with Crippen molar-refractivity contribution in [3.8, 4) is 39.6 Å². The van der Waals surface area contributed by atoms with E-state index < -0.39 is 0 Å². The Labute approximate surface area is 384 Å². The summed E-state index contributed by atoms with van der Waals surface area (Å²) in [7, 11) is 0. The Morgan fingerprint density at radius 2 is 1.38 bits per heavy atom. The maximum Gasteiger partial charge on any atom is 0.135 e. The first-order valence-corrected chi connectivity index (χ1v) is 21.3. The number of para-hydroxylation sites is 3. The minimum Gasteiger partial charge on any atom is -0.507 e. The molecule has 2 aliphatic rings. The molecule has 0 N–H and O–H groups in total. The Kier molecular flexibility index (Phi) is 9.72. The van der Waals surface area contributed by atoms with Crippen molar-refractivity contribution in [2.24, 2.45) is 0 Å². The van der Waals surface area contributed by atoms with Gasteiger partial charge in [0.25, 0.3) is 0 Å². The molecule has 1 aliphatic heterocycles. The van der Waals surface area contributed by atoms with E-state index in [0.717, 1.165) is 67.3 Å². The summed E-state index contributed by atoms with van der Waals surface area (Å²) in [6.45, 7) is 17.6. The largest absolute Gasteiger partial charge is 0.507 e. The number of nitrogens with zero attached hydrogens (tertiary/aromatic N) is 5. The van der Waals surface area contributed by atoms with Gasteiger partial charge < -0.3 is 24.1 Å². The van der Waals surface area contributed by atoms with Gasteiger partial charge in [0.1, 0.15) is 5.82 Å². The van der Waals surface area contributed by atoms with Crippen LogP contribution in [0, 0.1) is 32.6 Å². The first kappa shape index (κ1) is 40.6. The number of anilines is 4. The van der Waals surface area contributed by atoms with Crippen molar-refractivity contribution in [3.63, 3.8) is 0 Å². The molecule has 0 radical (unpaired) electrons. The normalized spacial score (nSPS) is 13.8. The van der Waals surface area contributed by atoms with Crippen molar-refractivity contribution in [1.82, 2.24) is 14.5 Å². The molecule has 0 saturated heterocycles. The molecule has 0 unspecified atom stereocenters. The third-order valence-corrected chi connectivity index (χ3v) is 12.8. The number of benzene rings is 6. The van der Waals surface area contributed by atoms with E-state index in [4.69, 9.17) is 14.7 Å². The molecule has 7 heteroatoms. The van der Waals surface area contributed by atoms with E-state index in [2.05, 4.69) is 201 Å². The molecule has 0 fully saturated rings. The van der Waals surface area contributed by atoms with Crippen LogP contribution in [0.1, 0.15) is 62.7 Å². The predicted octanol–water partition coefficient (Wildman–Crippen LogP) is 14.3. The summed E-state index contributed by atoms with van der Waals surface area (Å²) in [4.78, 5) is 14.5. The standard InChI is InChI=1S/C56H46N5O.Pt/c1-35-49(33-51(36(2)58-35)62-39-25-26-42-41-19-12-14-22-46(41)61(50(42)32-39)52-31-38(29-30-57-52)55(3,4)5)59-34-60(48-24-16-15-23-47(48)59)54-40(37-17-9-8-10-18-37)27-28-45-53(54)43-20-11-13-21-44(43)56(45,6)7;/h8-31,34H,1-7H3;/q-3;. The predicted molar refractivity (Wildman–Crippen MR) is 253 cm³/mol. The van der Waals surface area contributed by atoms with Crippen molar-refractivity contribution in [2.75, 3.05) is 9.80 Å². The quantitative estimate of drug-likeness (QED) is 0.155. The van der Waals surface area contributed by atoms with Crippen LogP contribution in [0.3, 0.4) is 0 Å². The SMILES string of the molecule is Cc1nc(C)c(N2[CH-]N(c3c(-c4ccccc4)ccc4c3-c3ccccc3C4(C)C)c3ccccc32)[c-]c1Oc1[c-]c2c(cc1)c1ccccc1n2-c1cc(C(C)(C)C)ccn1.[Pt]. The summed E-state index contributed by atoms with van der Waals surface area (Å²) in [5.41, 5.74) is 16.2. The second-order valence-corrected chi connectivity index (χ2v) is 18.0. The Bertz CT molecular complexity index is 3250. The molecule has 63 heavy (non-hydrogen) atoms. The second kappa shape index (κ2) is 15.1. The van der Waals surface area contributed by atoms with Gasteiger partial charge in [0.2, 0.25) is 0 Å². The molecule has 0 saturated carbocycles. The van der Waals surface area contributed by atoms with Crippen LogP contribution in [0.15, 0.2) is 146 Å². The molecule has 0 atom stereocenters. The average Bonchev–Trinajstić information content (AvgIpc) is 3.90. The van der Waals surface area contributed by atoms with E-state index in [0.29, 0.717) is 11.5 Å². The van der Waals surface area contributed by atoms with E-state index in [1.807, 2.05) is 26.1 Å². The van der Waals surface area contributed by atoms with Crippen molar-refractivity contribution in [3.05, 3.63) is 193 Å². The number of aromatic nitrogens is 3. The Morgan fingerprint density at radius 1 is 0.667 bits per heavy atom. The second-order valence-electron chi connectivity index (χ2n) is 18.0. The maximum absolute atomic E-state index is 6.77. The number of aryl methyl sites for hydroxylation is 2. The fourth-order valence-electron chi connectivity index (χ4n) is 9.61. The smallest absolute Gasteiger partial charge is 0.135 e. The van der Waals surface area contributed by atoms with Gasteiger partial charge in [0, 0.05) is 77.9 Å². The maximum atomic E-state index is 6.77. The molecule has 1 aliphatic carbocycles. The molecule has 0 amide bonds. The number of ether oxygens (including phenoxy) is 1. The van der Waals surface area contributed by atoms with Gasteiger partial charge in [-0.3, -0.25) is 0 Å². The number of hydrogen-bond donors (Lipinski definition) is 0. The van der Waals surface area contributed by atoms with Gasteiger partial charge in [-0.1, -0.05) is 162 Å². The van der Waals surface area contributed by atoms with Crippen LogP contribution < -0.4 is 14.5 Å². The summed E-state index contributed by atoms with van der Waals surface area (Å²) in [6, 6.07) is 57.0. The minimum absolute atomic E-state index is 0. The van der Waals surface area contributed by atoms with Crippen molar-refractivity contribution in [1.29, 1.82) is 0 Å². The summed E-state index contributed by atoms with van der Waals surface area (Å²) in [5, 5.41) is 2.21. The number of pyridine rings is 2. The van der Waals surface area contributed by atoms with E-state index in [1.165, 1.54) is 33.4 Å². The van der Waals surface area contributed by atoms with E-state index in [1.54, 1.807) is 0 Å². The van der Waals surface area contributed by atoms with Gasteiger partial charge in [-0.15, -0.1) is 30.3 Å². The van der Waals surface area contributed by atoms with Crippen LogP contribution in [0.25, 0.3) is 49.9 Å². The molecule has 6 aromatic carbocycles. The first-order valence-electron chi connectivity index (χ1n) is 21.3. The van der Waals surface area contributed by atoms with Gasteiger partial charge in [0.05, 0.1) is 0 Å². The third kappa shape index (κ3) is 6.49. The topological polar surface area (TPSA) is 46.4 Å². The van der Waals surface area contributed by atoms with Gasteiger partial charge in [-0.05, 0) is 74.6 Å². The monoisotopic (exact) mass is 999 g/mol. The Balaban J connectivity index is 0.00000471. The summed E-state index contributed by atoms with van der Waals surface area (Å²) < 4.78 is 8.97. The average molecular weight is 1000 g/mol. The molecule has 0 bridgehead atoms. The molecule has 9 aromatic rings. The van der Waals surface area contributed by atoms with E-state index >= 15 is 0 Å². The van der Waals surface area contributed by atoms with Gasteiger partial charge in [-0.2, -0.15) is 6.07 Å². The van der Waals surface area contributed by atoms with E-state index in [-0.39, 0.29) is 31.9 Å². The summed E-state index contributed by atoms with van der Waals surface area (Å²) in [5.74, 6) is 1.96. The zero-order valence-corrected chi connectivity index (χ0v) is 38.7. The van der Waals surface area contributed by atoms with Gasteiger partial charge >= 0.3 is 0 Å². The molecular formula is C56H46N5OPt-3.